The van der Waals surface area contributed by atoms with Gasteiger partial charge in [-0.1, -0.05) is 65.0 Å². The van der Waals surface area contributed by atoms with Crippen LogP contribution in [0.2, 0.25) is 0 Å². The Balaban J connectivity index is 1.45. The van der Waals surface area contributed by atoms with Gasteiger partial charge in [-0.05, 0) is 115 Å². The molecule has 0 bridgehead atoms. The fraction of sp³-hybridized carbons (Fsp3) is 0.793. The second-order valence-electron chi connectivity index (χ2n) is 13.2. The molecule has 0 N–H and O–H groups in total. The normalized spacial score (nSPS) is 51.1. The highest BCUT2D eigenvalue weighted by Gasteiger charge is 2.65. The highest BCUT2D eigenvalue weighted by atomic mass is 14.7. The first kappa shape index (κ1) is 20.1. The SMILES string of the molecule is C=C1C=CC(C2CC[C@]3(C)C4CCC5CC(C)(C)CC[C@]5(C)C4CC[C@]23C)=CC1. The lowest BCUT2D eigenvalue weighted by Crippen LogP contribution is -2.58. The Hall–Kier alpha value is -0.780. The fourth-order valence-electron chi connectivity index (χ4n) is 9.43. The van der Waals surface area contributed by atoms with Gasteiger partial charge in [-0.2, -0.15) is 0 Å². The lowest BCUT2D eigenvalue weighted by Gasteiger charge is -2.65. The van der Waals surface area contributed by atoms with Gasteiger partial charge in [-0.15, -0.1) is 0 Å². The molecule has 5 aliphatic carbocycles. The predicted molar refractivity (Wildman–Crippen MR) is 125 cm³/mol. The minimum atomic E-state index is 0.486. The summed E-state index contributed by atoms with van der Waals surface area (Å²) in [6.07, 6.45) is 21.5. The summed E-state index contributed by atoms with van der Waals surface area (Å²) in [4.78, 5) is 0. The Morgan fingerprint density at radius 2 is 1.55 bits per heavy atom. The molecule has 0 saturated heterocycles. The van der Waals surface area contributed by atoms with E-state index in [9.17, 15) is 0 Å². The molecule has 5 aliphatic rings. The van der Waals surface area contributed by atoms with Crippen molar-refractivity contribution in [2.24, 2.45) is 45.3 Å². The van der Waals surface area contributed by atoms with Crippen LogP contribution >= 0.6 is 0 Å². The van der Waals surface area contributed by atoms with Crippen molar-refractivity contribution >= 4 is 0 Å². The van der Waals surface area contributed by atoms with E-state index in [2.05, 4.69) is 59.4 Å². The van der Waals surface area contributed by atoms with Crippen LogP contribution in [0.4, 0.5) is 0 Å². The molecule has 4 unspecified atom stereocenters. The zero-order valence-electron chi connectivity index (χ0n) is 19.8. The monoisotopic (exact) mass is 392 g/mol. The molecule has 160 valence electrons. The molecule has 4 fully saturated rings. The van der Waals surface area contributed by atoms with Crippen LogP contribution in [0.15, 0.2) is 36.0 Å². The molecule has 0 aliphatic heterocycles. The van der Waals surface area contributed by atoms with Gasteiger partial charge in [-0.25, -0.2) is 0 Å². The van der Waals surface area contributed by atoms with Crippen molar-refractivity contribution in [1.29, 1.82) is 0 Å². The number of fused-ring (bicyclic) bond motifs is 5. The molecule has 0 nitrogen and oxygen atoms in total. The van der Waals surface area contributed by atoms with Crippen molar-refractivity contribution in [1.82, 2.24) is 0 Å². The molecule has 0 heteroatoms. The molecule has 5 rings (SSSR count). The van der Waals surface area contributed by atoms with Crippen molar-refractivity contribution in [3.63, 3.8) is 0 Å². The number of rotatable bonds is 1. The van der Waals surface area contributed by atoms with E-state index in [1.165, 1.54) is 63.4 Å². The van der Waals surface area contributed by atoms with Crippen molar-refractivity contribution in [3.05, 3.63) is 36.0 Å². The smallest absolute Gasteiger partial charge is 0.00974 e. The topological polar surface area (TPSA) is 0 Å². The van der Waals surface area contributed by atoms with Crippen LogP contribution in [-0.2, 0) is 0 Å². The number of allylic oxidation sites excluding steroid dienone is 5. The van der Waals surface area contributed by atoms with Gasteiger partial charge in [0.25, 0.3) is 0 Å². The average Bonchev–Trinajstić information content (AvgIpc) is 2.95. The van der Waals surface area contributed by atoms with Gasteiger partial charge in [0, 0.05) is 0 Å². The first-order chi connectivity index (χ1) is 13.6. The largest absolute Gasteiger partial charge is 0.0955 e. The molecule has 0 aromatic heterocycles. The summed E-state index contributed by atoms with van der Waals surface area (Å²) in [6.45, 7) is 17.4. The van der Waals surface area contributed by atoms with E-state index >= 15 is 0 Å². The van der Waals surface area contributed by atoms with Crippen LogP contribution in [0.25, 0.3) is 0 Å². The Morgan fingerprint density at radius 3 is 2.28 bits per heavy atom. The lowest BCUT2D eigenvalue weighted by molar-refractivity contribution is -0.160. The summed E-state index contributed by atoms with van der Waals surface area (Å²) in [5.74, 6) is 3.68. The Labute approximate surface area is 180 Å². The third-order valence-corrected chi connectivity index (χ3v) is 11.6. The van der Waals surface area contributed by atoms with Gasteiger partial charge in [0.05, 0.1) is 0 Å². The molecular weight excluding hydrogens is 348 g/mol. The van der Waals surface area contributed by atoms with E-state index in [1.807, 2.05) is 0 Å². The van der Waals surface area contributed by atoms with Crippen molar-refractivity contribution < 1.29 is 0 Å². The third kappa shape index (κ3) is 2.76. The number of hydrogen-bond donors (Lipinski definition) is 0. The molecule has 0 aromatic rings. The quantitative estimate of drug-likeness (QED) is 0.419. The van der Waals surface area contributed by atoms with Gasteiger partial charge < -0.3 is 0 Å². The standard InChI is InChI=1S/C29H44/c1-20-7-9-21(10-8-20)23-13-15-29(6)25-12-11-22-19-26(2,3)17-18-27(22,4)24(25)14-16-28(23,29)5/h7,9-10,22-25H,1,8,11-19H2,2-6H3/t22?,23?,24?,25?,27-,28+,29+/m0/s1. The summed E-state index contributed by atoms with van der Waals surface area (Å²) in [5, 5.41) is 0. The maximum Gasteiger partial charge on any atom is -0.00974 e. The zero-order chi connectivity index (χ0) is 20.7. The van der Waals surface area contributed by atoms with Crippen molar-refractivity contribution in [2.45, 2.75) is 98.8 Å². The minimum Gasteiger partial charge on any atom is -0.0955 e. The molecular formula is C29H44. The number of hydrogen-bond acceptors (Lipinski definition) is 0. The maximum atomic E-state index is 4.17. The second kappa shape index (κ2) is 6.37. The fourth-order valence-corrected chi connectivity index (χ4v) is 9.43. The molecule has 0 aromatic carbocycles. The van der Waals surface area contributed by atoms with Crippen LogP contribution in [0.3, 0.4) is 0 Å². The van der Waals surface area contributed by atoms with E-state index in [0.29, 0.717) is 21.7 Å². The Morgan fingerprint density at radius 1 is 0.793 bits per heavy atom. The average molecular weight is 393 g/mol. The van der Waals surface area contributed by atoms with E-state index in [1.54, 1.807) is 5.57 Å². The van der Waals surface area contributed by atoms with Crippen LogP contribution in [0, 0.1) is 45.3 Å². The highest BCUT2D eigenvalue weighted by Crippen LogP contribution is 2.74. The van der Waals surface area contributed by atoms with Gasteiger partial charge in [-0.3, -0.25) is 0 Å². The Bertz CT molecular complexity index is 765. The van der Waals surface area contributed by atoms with Crippen LogP contribution in [0.1, 0.15) is 98.8 Å². The van der Waals surface area contributed by atoms with E-state index in [4.69, 9.17) is 0 Å². The molecule has 0 radical (unpaired) electrons. The molecule has 0 amide bonds. The van der Waals surface area contributed by atoms with Gasteiger partial charge in [0.1, 0.15) is 0 Å². The molecule has 7 atom stereocenters. The van der Waals surface area contributed by atoms with Crippen LogP contribution in [0.5, 0.6) is 0 Å². The predicted octanol–water partition coefficient (Wildman–Crippen LogP) is 8.50. The third-order valence-electron chi connectivity index (χ3n) is 11.6. The van der Waals surface area contributed by atoms with E-state index in [0.717, 1.165) is 30.1 Å². The van der Waals surface area contributed by atoms with Gasteiger partial charge in [0.15, 0.2) is 0 Å². The molecule has 0 heterocycles. The van der Waals surface area contributed by atoms with Gasteiger partial charge in [0.2, 0.25) is 0 Å². The van der Waals surface area contributed by atoms with Gasteiger partial charge >= 0.3 is 0 Å². The summed E-state index contributed by atoms with van der Waals surface area (Å²) < 4.78 is 0. The van der Waals surface area contributed by atoms with Crippen LogP contribution < -0.4 is 0 Å². The molecule has 0 spiro atoms. The van der Waals surface area contributed by atoms with E-state index < -0.39 is 0 Å². The lowest BCUT2D eigenvalue weighted by atomic mass is 9.39. The Kier molecular flexibility index (Phi) is 4.42. The maximum absolute atomic E-state index is 4.17. The highest BCUT2D eigenvalue weighted by molar-refractivity contribution is 5.38. The summed E-state index contributed by atoms with van der Waals surface area (Å²) in [7, 11) is 0. The van der Waals surface area contributed by atoms with Crippen molar-refractivity contribution in [3.8, 4) is 0 Å². The van der Waals surface area contributed by atoms with E-state index in [-0.39, 0.29) is 0 Å². The first-order valence-electron chi connectivity index (χ1n) is 12.7. The zero-order valence-corrected chi connectivity index (χ0v) is 19.8. The molecule has 29 heavy (non-hydrogen) atoms. The molecule has 4 saturated carbocycles. The van der Waals surface area contributed by atoms with Crippen LogP contribution in [-0.4, -0.2) is 0 Å². The minimum absolute atomic E-state index is 0.486. The van der Waals surface area contributed by atoms with Crippen molar-refractivity contribution in [2.75, 3.05) is 0 Å². The second-order valence-corrected chi connectivity index (χ2v) is 13.2. The first-order valence-corrected chi connectivity index (χ1v) is 12.7. The summed E-state index contributed by atoms with van der Waals surface area (Å²) in [5.41, 5.74) is 5.12. The summed E-state index contributed by atoms with van der Waals surface area (Å²) in [6, 6.07) is 0. The summed E-state index contributed by atoms with van der Waals surface area (Å²) >= 11 is 0.